The van der Waals surface area contributed by atoms with Gasteiger partial charge in [-0.1, -0.05) is 57.1 Å². The minimum atomic E-state index is -0.622. The summed E-state index contributed by atoms with van der Waals surface area (Å²) in [5.74, 6) is 0. The van der Waals surface area contributed by atoms with Crippen LogP contribution in [0, 0.1) is 10.8 Å². The summed E-state index contributed by atoms with van der Waals surface area (Å²) in [5.41, 5.74) is 2.80. The lowest BCUT2D eigenvalue weighted by Crippen LogP contribution is -2.36. The summed E-state index contributed by atoms with van der Waals surface area (Å²) >= 11 is 0. The molecule has 0 spiro atoms. The normalized spacial score (nSPS) is 32.1. The Hall–Kier alpha value is -0.820. The van der Waals surface area contributed by atoms with E-state index < -0.39 is 5.60 Å². The zero-order chi connectivity index (χ0) is 14.3. The van der Waals surface area contributed by atoms with E-state index in [4.69, 9.17) is 0 Å². The van der Waals surface area contributed by atoms with Gasteiger partial charge in [-0.25, -0.2) is 0 Å². The molecule has 19 heavy (non-hydrogen) atoms. The molecule has 0 aromatic heterocycles. The molecule has 1 atom stereocenters. The fourth-order valence-electron chi connectivity index (χ4n) is 3.69. The van der Waals surface area contributed by atoms with E-state index in [1.165, 1.54) is 24.8 Å². The van der Waals surface area contributed by atoms with Gasteiger partial charge in [-0.3, -0.25) is 0 Å². The average Bonchev–Trinajstić information content (AvgIpc) is 2.24. The van der Waals surface area contributed by atoms with Crippen LogP contribution in [0.3, 0.4) is 0 Å². The summed E-state index contributed by atoms with van der Waals surface area (Å²) in [5, 5.41) is 9.95. The van der Waals surface area contributed by atoms with Crippen molar-refractivity contribution < 1.29 is 5.11 Å². The Labute approximate surface area is 118 Å². The summed E-state index contributed by atoms with van der Waals surface area (Å²) in [6.45, 7) is 10.9. The molecule has 0 radical (unpaired) electrons. The largest absolute Gasteiger partial charge is 0.390 e. The van der Waals surface area contributed by atoms with Crippen molar-refractivity contribution in [2.24, 2.45) is 10.8 Å². The monoisotopic (exact) mass is 260 g/mol. The topological polar surface area (TPSA) is 20.2 Å². The molecule has 1 fully saturated rings. The highest BCUT2D eigenvalue weighted by Crippen LogP contribution is 2.55. The Morgan fingerprint density at radius 1 is 1.26 bits per heavy atom. The van der Waals surface area contributed by atoms with E-state index in [0.29, 0.717) is 5.41 Å². The molecular weight excluding hydrogens is 232 g/mol. The Bertz CT molecular complexity index is 443. The van der Waals surface area contributed by atoms with Crippen LogP contribution < -0.4 is 0 Å². The molecule has 1 heteroatoms. The third-order valence-electron chi connectivity index (χ3n) is 4.80. The Morgan fingerprint density at radius 2 is 1.95 bits per heavy atom. The number of fused-ring (bicyclic) bond motifs is 1. The van der Waals surface area contributed by atoms with Crippen molar-refractivity contribution in [1.29, 1.82) is 0 Å². The van der Waals surface area contributed by atoms with Crippen LogP contribution in [0.2, 0.25) is 0 Å². The zero-order valence-corrected chi connectivity index (χ0v) is 13.1. The highest BCUT2D eigenvalue weighted by Gasteiger charge is 2.43. The van der Waals surface area contributed by atoms with E-state index in [1.54, 1.807) is 5.57 Å². The van der Waals surface area contributed by atoms with E-state index in [0.717, 1.165) is 6.42 Å². The molecule has 1 N–H and O–H groups in total. The van der Waals surface area contributed by atoms with Crippen LogP contribution in [0.4, 0.5) is 0 Å². The predicted molar refractivity (Wildman–Crippen MR) is 82.0 cm³/mol. The first-order valence-corrected chi connectivity index (χ1v) is 7.48. The van der Waals surface area contributed by atoms with Gasteiger partial charge in [-0.2, -0.15) is 0 Å². The highest BCUT2D eigenvalue weighted by atomic mass is 16.3. The summed E-state index contributed by atoms with van der Waals surface area (Å²) in [6, 6.07) is 0. The van der Waals surface area contributed by atoms with Crippen molar-refractivity contribution in [3.8, 4) is 0 Å². The Balaban J connectivity index is 2.35. The standard InChI is InChI=1S/C18H28O/c1-16(2)11-7-12-18(5)14(8-6-9-15(16)18)10-13-17(3,4)19/h6,8-10,19H,7,11-13H2,1-5H3/b14-10+/t18-/m1/s1. The maximum atomic E-state index is 9.95. The summed E-state index contributed by atoms with van der Waals surface area (Å²) in [4.78, 5) is 0. The van der Waals surface area contributed by atoms with E-state index in [-0.39, 0.29) is 5.41 Å². The summed E-state index contributed by atoms with van der Waals surface area (Å²) in [7, 11) is 0. The fraction of sp³-hybridized carbons (Fsp3) is 0.667. The zero-order valence-electron chi connectivity index (χ0n) is 13.1. The third-order valence-corrected chi connectivity index (χ3v) is 4.80. The van der Waals surface area contributed by atoms with Crippen LogP contribution in [0.5, 0.6) is 0 Å². The quantitative estimate of drug-likeness (QED) is 0.757. The van der Waals surface area contributed by atoms with Crippen LogP contribution in [0.15, 0.2) is 35.5 Å². The maximum absolute atomic E-state index is 9.95. The molecular formula is C18H28O. The van der Waals surface area contributed by atoms with E-state index >= 15 is 0 Å². The molecule has 0 saturated heterocycles. The predicted octanol–water partition coefficient (Wildman–Crippen LogP) is 4.79. The van der Waals surface area contributed by atoms with Gasteiger partial charge in [0.2, 0.25) is 0 Å². The Morgan fingerprint density at radius 3 is 2.58 bits per heavy atom. The second-order valence-electron chi connectivity index (χ2n) is 7.69. The van der Waals surface area contributed by atoms with Crippen molar-refractivity contribution in [3.63, 3.8) is 0 Å². The van der Waals surface area contributed by atoms with Crippen molar-refractivity contribution in [2.75, 3.05) is 0 Å². The second-order valence-corrected chi connectivity index (χ2v) is 7.69. The number of hydrogen-bond acceptors (Lipinski definition) is 1. The van der Waals surface area contributed by atoms with Gasteiger partial charge in [0.1, 0.15) is 0 Å². The molecule has 0 unspecified atom stereocenters. The van der Waals surface area contributed by atoms with Gasteiger partial charge in [-0.05, 0) is 44.1 Å². The first-order chi connectivity index (χ1) is 8.65. The van der Waals surface area contributed by atoms with Crippen molar-refractivity contribution in [3.05, 3.63) is 35.5 Å². The van der Waals surface area contributed by atoms with E-state index in [9.17, 15) is 5.11 Å². The fourth-order valence-corrected chi connectivity index (χ4v) is 3.69. The molecule has 0 heterocycles. The molecule has 0 aliphatic heterocycles. The van der Waals surface area contributed by atoms with Crippen molar-refractivity contribution >= 4 is 0 Å². The van der Waals surface area contributed by atoms with Crippen LogP contribution in [-0.4, -0.2) is 10.7 Å². The van der Waals surface area contributed by atoms with E-state index in [2.05, 4.69) is 45.1 Å². The molecule has 0 amide bonds. The van der Waals surface area contributed by atoms with Crippen LogP contribution in [0.25, 0.3) is 0 Å². The van der Waals surface area contributed by atoms with Gasteiger partial charge >= 0.3 is 0 Å². The lowest BCUT2D eigenvalue weighted by Gasteiger charge is -2.48. The van der Waals surface area contributed by atoms with Gasteiger partial charge in [0, 0.05) is 5.41 Å². The van der Waals surface area contributed by atoms with Gasteiger partial charge in [-0.15, -0.1) is 0 Å². The van der Waals surface area contributed by atoms with Crippen LogP contribution in [0.1, 0.15) is 60.3 Å². The molecule has 0 bridgehead atoms. The summed E-state index contributed by atoms with van der Waals surface area (Å²) < 4.78 is 0. The Kier molecular flexibility index (Phi) is 3.55. The van der Waals surface area contributed by atoms with Gasteiger partial charge in [0.05, 0.1) is 5.60 Å². The average molecular weight is 260 g/mol. The molecule has 2 rings (SSSR count). The van der Waals surface area contributed by atoms with Gasteiger partial charge in [0.15, 0.2) is 0 Å². The number of rotatable bonds is 2. The number of aliphatic hydroxyl groups is 1. The van der Waals surface area contributed by atoms with Gasteiger partial charge in [0.25, 0.3) is 0 Å². The van der Waals surface area contributed by atoms with E-state index in [1.807, 2.05) is 13.8 Å². The number of allylic oxidation sites excluding steroid dienone is 5. The van der Waals surface area contributed by atoms with Crippen LogP contribution >= 0.6 is 0 Å². The molecule has 0 aromatic carbocycles. The SMILES string of the molecule is CC(C)(O)C/C=C1\C=CC=C2C(C)(C)CCC[C@@]21C. The van der Waals surface area contributed by atoms with Crippen molar-refractivity contribution in [1.82, 2.24) is 0 Å². The third kappa shape index (κ3) is 2.86. The minimum Gasteiger partial charge on any atom is -0.390 e. The summed E-state index contributed by atoms with van der Waals surface area (Å²) in [6.07, 6.45) is 13.5. The molecule has 1 saturated carbocycles. The first-order valence-electron chi connectivity index (χ1n) is 7.48. The minimum absolute atomic E-state index is 0.168. The molecule has 1 nitrogen and oxygen atoms in total. The van der Waals surface area contributed by atoms with Crippen LogP contribution in [-0.2, 0) is 0 Å². The van der Waals surface area contributed by atoms with Gasteiger partial charge < -0.3 is 5.11 Å². The molecule has 106 valence electrons. The molecule has 0 aromatic rings. The number of hydrogen-bond donors (Lipinski definition) is 1. The first kappa shape index (κ1) is 14.6. The highest BCUT2D eigenvalue weighted by molar-refractivity contribution is 5.46. The second kappa shape index (κ2) is 4.63. The molecule has 2 aliphatic carbocycles. The maximum Gasteiger partial charge on any atom is 0.0626 e. The van der Waals surface area contributed by atoms with Crippen molar-refractivity contribution in [2.45, 2.75) is 65.9 Å². The lowest BCUT2D eigenvalue weighted by atomic mass is 9.56. The lowest BCUT2D eigenvalue weighted by molar-refractivity contribution is 0.0833. The molecule has 2 aliphatic rings. The smallest absolute Gasteiger partial charge is 0.0626 e.